The van der Waals surface area contributed by atoms with Gasteiger partial charge < -0.3 is 10.1 Å². The van der Waals surface area contributed by atoms with E-state index in [-0.39, 0.29) is 11.9 Å². The van der Waals surface area contributed by atoms with Crippen molar-refractivity contribution in [3.05, 3.63) is 65.7 Å². The second-order valence-corrected chi connectivity index (χ2v) is 5.68. The van der Waals surface area contributed by atoms with Gasteiger partial charge in [0.15, 0.2) is 0 Å². The van der Waals surface area contributed by atoms with Crippen molar-refractivity contribution < 1.29 is 9.53 Å². The molecule has 0 heterocycles. The summed E-state index contributed by atoms with van der Waals surface area (Å²) in [5.41, 5.74) is 2.07. The van der Waals surface area contributed by atoms with Gasteiger partial charge in [0.25, 0.3) is 0 Å². The first-order valence-electron chi connectivity index (χ1n) is 7.77. The Morgan fingerprint density at radius 2 is 1.74 bits per heavy atom. The van der Waals surface area contributed by atoms with Crippen LogP contribution in [0.5, 0.6) is 5.75 Å². The minimum atomic E-state index is -0.297. The minimum Gasteiger partial charge on any atom is -0.491 e. The van der Waals surface area contributed by atoms with E-state index in [0.29, 0.717) is 13.2 Å². The lowest BCUT2D eigenvalue weighted by Crippen LogP contribution is -2.38. The van der Waals surface area contributed by atoms with Crippen molar-refractivity contribution in [2.75, 3.05) is 27.2 Å². The topological polar surface area (TPSA) is 41.6 Å². The van der Waals surface area contributed by atoms with Crippen molar-refractivity contribution >= 4 is 5.91 Å². The normalized spacial score (nSPS) is 12.0. The molecule has 0 spiro atoms. The van der Waals surface area contributed by atoms with E-state index in [9.17, 15) is 4.79 Å². The van der Waals surface area contributed by atoms with Crippen LogP contribution in [-0.2, 0) is 4.79 Å². The Hall–Kier alpha value is -2.33. The van der Waals surface area contributed by atoms with Crippen molar-refractivity contribution in [2.24, 2.45) is 0 Å². The SMILES string of the molecule is Cc1ccccc1OCCNC(=O)[C@H](c1ccccc1)N(C)C. The maximum absolute atomic E-state index is 12.5. The average Bonchev–Trinajstić information content (AvgIpc) is 2.54. The molecule has 1 amide bonds. The van der Waals surface area contributed by atoms with Crippen LogP contribution in [0, 0.1) is 6.92 Å². The first-order valence-corrected chi connectivity index (χ1v) is 7.77. The summed E-state index contributed by atoms with van der Waals surface area (Å²) in [5.74, 6) is 0.837. The summed E-state index contributed by atoms with van der Waals surface area (Å²) in [6, 6.07) is 17.3. The van der Waals surface area contributed by atoms with Gasteiger partial charge >= 0.3 is 0 Å². The van der Waals surface area contributed by atoms with E-state index in [1.807, 2.05) is 80.5 Å². The molecule has 122 valence electrons. The quantitative estimate of drug-likeness (QED) is 0.799. The molecule has 2 aromatic rings. The summed E-state index contributed by atoms with van der Waals surface area (Å²) in [5, 5.41) is 2.95. The van der Waals surface area contributed by atoms with Crippen LogP contribution in [0.3, 0.4) is 0 Å². The van der Waals surface area contributed by atoms with Crippen molar-refractivity contribution in [1.82, 2.24) is 10.2 Å². The number of amides is 1. The summed E-state index contributed by atoms with van der Waals surface area (Å²) < 4.78 is 5.70. The first-order chi connectivity index (χ1) is 11.1. The van der Waals surface area contributed by atoms with Gasteiger partial charge in [-0.25, -0.2) is 0 Å². The maximum atomic E-state index is 12.5. The molecule has 0 aliphatic rings. The van der Waals surface area contributed by atoms with Crippen LogP contribution >= 0.6 is 0 Å². The molecule has 2 aromatic carbocycles. The fourth-order valence-corrected chi connectivity index (χ4v) is 2.47. The summed E-state index contributed by atoms with van der Waals surface area (Å²) in [6.45, 7) is 2.93. The van der Waals surface area contributed by atoms with Crippen LogP contribution < -0.4 is 10.1 Å². The van der Waals surface area contributed by atoms with Crippen LogP contribution in [-0.4, -0.2) is 38.1 Å². The van der Waals surface area contributed by atoms with E-state index in [4.69, 9.17) is 4.74 Å². The monoisotopic (exact) mass is 312 g/mol. The Morgan fingerprint density at radius 3 is 2.39 bits per heavy atom. The number of nitrogens with zero attached hydrogens (tertiary/aromatic N) is 1. The van der Waals surface area contributed by atoms with E-state index >= 15 is 0 Å². The van der Waals surface area contributed by atoms with Gasteiger partial charge in [0.05, 0.1) is 6.54 Å². The molecule has 0 aliphatic heterocycles. The Kier molecular flexibility index (Phi) is 6.18. The zero-order valence-electron chi connectivity index (χ0n) is 14.0. The fraction of sp³-hybridized carbons (Fsp3) is 0.316. The highest BCUT2D eigenvalue weighted by molar-refractivity contribution is 5.83. The molecule has 0 aromatic heterocycles. The van der Waals surface area contributed by atoms with Crippen LogP contribution in [0.15, 0.2) is 54.6 Å². The Labute approximate surface area is 138 Å². The summed E-state index contributed by atoms with van der Waals surface area (Å²) in [7, 11) is 3.81. The van der Waals surface area contributed by atoms with Gasteiger partial charge in [-0.1, -0.05) is 48.5 Å². The van der Waals surface area contributed by atoms with Crippen molar-refractivity contribution in [1.29, 1.82) is 0 Å². The molecule has 1 atom stereocenters. The van der Waals surface area contributed by atoms with Gasteiger partial charge in [-0.15, -0.1) is 0 Å². The molecule has 23 heavy (non-hydrogen) atoms. The van der Waals surface area contributed by atoms with E-state index in [0.717, 1.165) is 16.9 Å². The van der Waals surface area contributed by atoms with Gasteiger partial charge in [-0.05, 0) is 38.2 Å². The lowest BCUT2D eigenvalue weighted by molar-refractivity contribution is -0.125. The lowest BCUT2D eigenvalue weighted by atomic mass is 10.1. The van der Waals surface area contributed by atoms with Crippen LogP contribution in [0.4, 0.5) is 0 Å². The molecule has 2 rings (SSSR count). The predicted molar refractivity (Wildman–Crippen MR) is 92.6 cm³/mol. The molecule has 0 fully saturated rings. The zero-order chi connectivity index (χ0) is 16.7. The number of hydrogen-bond donors (Lipinski definition) is 1. The number of aryl methyl sites for hydroxylation is 1. The summed E-state index contributed by atoms with van der Waals surface area (Å²) >= 11 is 0. The number of benzene rings is 2. The third-order valence-electron chi connectivity index (χ3n) is 3.63. The highest BCUT2D eigenvalue weighted by Crippen LogP contribution is 2.18. The summed E-state index contributed by atoms with van der Waals surface area (Å²) in [6.07, 6.45) is 0. The number of para-hydroxylation sites is 1. The first kappa shape index (κ1) is 17.0. The third kappa shape index (κ3) is 4.83. The molecule has 4 heteroatoms. The van der Waals surface area contributed by atoms with Crippen molar-refractivity contribution in [2.45, 2.75) is 13.0 Å². The van der Waals surface area contributed by atoms with Crippen molar-refractivity contribution in [3.8, 4) is 5.75 Å². The maximum Gasteiger partial charge on any atom is 0.242 e. The molecule has 4 nitrogen and oxygen atoms in total. The lowest BCUT2D eigenvalue weighted by Gasteiger charge is -2.23. The summed E-state index contributed by atoms with van der Waals surface area (Å²) in [4.78, 5) is 14.4. The molecular weight excluding hydrogens is 288 g/mol. The molecule has 1 N–H and O–H groups in total. The number of hydrogen-bond acceptors (Lipinski definition) is 3. The Balaban J connectivity index is 1.87. The number of carbonyl (C=O) groups is 1. The van der Waals surface area contributed by atoms with E-state index in [2.05, 4.69) is 5.32 Å². The average molecular weight is 312 g/mol. The standard InChI is InChI=1S/C19H24N2O2/c1-15-9-7-8-12-17(15)23-14-13-20-19(22)18(21(2)3)16-10-5-4-6-11-16/h4-12,18H,13-14H2,1-3H3,(H,20,22)/t18-/m0/s1. The van der Waals surface area contributed by atoms with Gasteiger partial charge in [0.1, 0.15) is 18.4 Å². The number of rotatable bonds is 7. The highest BCUT2D eigenvalue weighted by Gasteiger charge is 2.22. The zero-order valence-corrected chi connectivity index (χ0v) is 14.0. The molecule has 0 unspecified atom stereocenters. The van der Waals surface area contributed by atoms with Crippen LogP contribution in [0.25, 0.3) is 0 Å². The second-order valence-electron chi connectivity index (χ2n) is 5.68. The molecule has 0 aliphatic carbocycles. The van der Waals surface area contributed by atoms with Crippen LogP contribution in [0.2, 0.25) is 0 Å². The molecule has 0 radical (unpaired) electrons. The number of carbonyl (C=O) groups excluding carboxylic acids is 1. The number of nitrogens with one attached hydrogen (secondary N) is 1. The molecule has 0 saturated carbocycles. The molecule has 0 saturated heterocycles. The van der Waals surface area contributed by atoms with E-state index in [1.165, 1.54) is 0 Å². The van der Waals surface area contributed by atoms with Gasteiger partial charge in [-0.2, -0.15) is 0 Å². The van der Waals surface area contributed by atoms with Crippen LogP contribution in [0.1, 0.15) is 17.2 Å². The second kappa shape index (κ2) is 8.34. The largest absolute Gasteiger partial charge is 0.491 e. The highest BCUT2D eigenvalue weighted by atomic mass is 16.5. The molecular formula is C19H24N2O2. The Morgan fingerprint density at radius 1 is 1.09 bits per heavy atom. The van der Waals surface area contributed by atoms with E-state index < -0.39 is 0 Å². The minimum absolute atomic E-state index is 0.0189. The van der Waals surface area contributed by atoms with Gasteiger partial charge in [0, 0.05) is 0 Å². The van der Waals surface area contributed by atoms with E-state index in [1.54, 1.807) is 0 Å². The number of ether oxygens (including phenoxy) is 1. The van der Waals surface area contributed by atoms with Gasteiger partial charge in [0.2, 0.25) is 5.91 Å². The smallest absolute Gasteiger partial charge is 0.242 e. The Bertz CT molecular complexity index is 626. The molecule has 0 bridgehead atoms. The third-order valence-corrected chi connectivity index (χ3v) is 3.63. The van der Waals surface area contributed by atoms with Crippen molar-refractivity contribution in [3.63, 3.8) is 0 Å². The fourth-order valence-electron chi connectivity index (χ4n) is 2.47. The predicted octanol–water partition coefficient (Wildman–Crippen LogP) is 2.79. The number of likely N-dealkylation sites (N-methyl/N-ethyl adjacent to an activating group) is 1. The van der Waals surface area contributed by atoms with Gasteiger partial charge in [-0.3, -0.25) is 9.69 Å².